The maximum atomic E-state index is 2.36. The highest BCUT2D eigenvalue weighted by molar-refractivity contribution is 5.25. The van der Waals surface area contributed by atoms with E-state index in [9.17, 15) is 0 Å². The Morgan fingerprint density at radius 3 is 2.36 bits per heavy atom. The molecule has 0 saturated heterocycles. The van der Waals surface area contributed by atoms with Crippen molar-refractivity contribution in [3.05, 3.63) is 35.4 Å². The van der Waals surface area contributed by atoms with E-state index in [0.29, 0.717) is 0 Å². The fraction of sp³-hybridized carbons (Fsp3) is 0.571. The summed E-state index contributed by atoms with van der Waals surface area (Å²) >= 11 is 0. The van der Waals surface area contributed by atoms with Crippen molar-refractivity contribution >= 4 is 0 Å². The van der Waals surface area contributed by atoms with Crippen LogP contribution in [-0.2, 0) is 6.42 Å². The lowest BCUT2D eigenvalue weighted by atomic mass is 9.94. The molecule has 0 spiro atoms. The molecule has 14 heavy (non-hydrogen) atoms. The smallest absolute Gasteiger partial charge is 0.0188 e. The first-order valence-corrected chi connectivity index (χ1v) is 5.88. The quantitative estimate of drug-likeness (QED) is 0.665. The van der Waals surface area contributed by atoms with Gasteiger partial charge >= 0.3 is 0 Å². The lowest BCUT2D eigenvalue weighted by Gasteiger charge is -2.11. The topological polar surface area (TPSA) is 0 Å². The average Bonchev–Trinajstić information content (AvgIpc) is 3.02. The van der Waals surface area contributed by atoms with E-state index in [2.05, 4.69) is 38.1 Å². The zero-order chi connectivity index (χ0) is 9.97. The molecule has 76 valence electrons. The molecule has 1 saturated carbocycles. The van der Waals surface area contributed by atoms with Crippen LogP contribution in [0.4, 0.5) is 0 Å². The van der Waals surface area contributed by atoms with Crippen LogP contribution in [0.2, 0.25) is 0 Å². The van der Waals surface area contributed by atoms with Gasteiger partial charge < -0.3 is 0 Å². The van der Waals surface area contributed by atoms with Crippen LogP contribution in [-0.4, -0.2) is 0 Å². The summed E-state index contributed by atoms with van der Waals surface area (Å²) in [6.45, 7) is 4.57. The van der Waals surface area contributed by atoms with E-state index >= 15 is 0 Å². The van der Waals surface area contributed by atoms with E-state index in [1.807, 2.05) is 0 Å². The van der Waals surface area contributed by atoms with E-state index in [1.165, 1.54) is 30.4 Å². The third kappa shape index (κ3) is 2.37. The summed E-state index contributed by atoms with van der Waals surface area (Å²) in [4.78, 5) is 0. The Bertz CT molecular complexity index is 279. The molecule has 0 amide bonds. The summed E-state index contributed by atoms with van der Waals surface area (Å²) < 4.78 is 0. The van der Waals surface area contributed by atoms with Crippen molar-refractivity contribution in [3.63, 3.8) is 0 Å². The monoisotopic (exact) mass is 188 g/mol. The molecule has 2 rings (SSSR count). The third-order valence-electron chi connectivity index (χ3n) is 3.34. The van der Waals surface area contributed by atoms with Crippen molar-refractivity contribution in [1.29, 1.82) is 0 Å². The molecule has 1 aliphatic rings. The normalized spacial score (nSPS) is 18.1. The first kappa shape index (κ1) is 9.76. The van der Waals surface area contributed by atoms with Crippen LogP contribution in [0.3, 0.4) is 0 Å². The predicted octanol–water partition coefficient (Wildman–Crippen LogP) is 4.15. The summed E-state index contributed by atoms with van der Waals surface area (Å²) in [5.74, 6) is 1.80. The molecular formula is C14H20. The van der Waals surface area contributed by atoms with Gasteiger partial charge in [-0.1, -0.05) is 51.0 Å². The molecule has 0 radical (unpaired) electrons. The van der Waals surface area contributed by atoms with Gasteiger partial charge in [0.25, 0.3) is 0 Å². The Kier molecular flexibility index (Phi) is 2.90. The SMILES string of the molecule is CCc1ccc(C(C)CC2CC2)cc1. The second kappa shape index (κ2) is 4.16. The van der Waals surface area contributed by atoms with Gasteiger partial charge in [0.15, 0.2) is 0 Å². The highest BCUT2D eigenvalue weighted by atomic mass is 14.3. The average molecular weight is 188 g/mol. The molecule has 1 aromatic carbocycles. The number of aryl methyl sites for hydroxylation is 1. The molecular weight excluding hydrogens is 168 g/mol. The van der Waals surface area contributed by atoms with Gasteiger partial charge in [0.05, 0.1) is 0 Å². The number of benzene rings is 1. The molecule has 0 N–H and O–H groups in total. The van der Waals surface area contributed by atoms with Crippen molar-refractivity contribution in [2.24, 2.45) is 5.92 Å². The van der Waals surface area contributed by atoms with Gasteiger partial charge in [0.2, 0.25) is 0 Å². The van der Waals surface area contributed by atoms with Gasteiger partial charge in [-0.15, -0.1) is 0 Å². The van der Waals surface area contributed by atoms with Crippen LogP contribution in [0.1, 0.15) is 50.2 Å². The molecule has 1 unspecified atom stereocenters. The number of hydrogen-bond donors (Lipinski definition) is 0. The Hall–Kier alpha value is -0.780. The summed E-state index contributed by atoms with van der Waals surface area (Å²) in [6.07, 6.45) is 5.48. The summed E-state index contributed by atoms with van der Waals surface area (Å²) in [7, 11) is 0. The fourth-order valence-corrected chi connectivity index (χ4v) is 2.07. The minimum atomic E-state index is 0.758. The number of rotatable bonds is 4. The third-order valence-corrected chi connectivity index (χ3v) is 3.34. The van der Waals surface area contributed by atoms with Crippen LogP contribution in [0.25, 0.3) is 0 Å². The van der Waals surface area contributed by atoms with Crippen LogP contribution in [0, 0.1) is 5.92 Å². The van der Waals surface area contributed by atoms with E-state index in [4.69, 9.17) is 0 Å². The van der Waals surface area contributed by atoms with Crippen LogP contribution < -0.4 is 0 Å². The largest absolute Gasteiger partial charge is 0.0613 e. The molecule has 0 bridgehead atoms. The zero-order valence-electron chi connectivity index (χ0n) is 9.29. The standard InChI is InChI=1S/C14H20/c1-3-12-6-8-14(9-7-12)11(2)10-13-4-5-13/h6-9,11,13H,3-5,10H2,1-2H3. The number of hydrogen-bond acceptors (Lipinski definition) is 0. The van der Waals surface area contributed by atoms with Crippen LogP contribution in [0.5, 0.6) is 0 Å². The lowest BCUT2D eigenvalue weighted by Crippen LogP contribution is -1.95. The van der Waals surface area contributed by atoms with Crippen LogP contribution in [0.15, 0.2) is 24.3 Å². The Morgan fingerprint density at radius 2 is 1.86 bits per heavy atom. The summed E-state index contributed by atoms with van der Waals surface area (Å²) in [5.41, 5.74) is 2.97. The molecule has 0 aromatic heterocycles. The maximum absolute atomic E-state index is 2.36. The highest BCUT2D eigenvalue weighted by Gasteiger charge is 2.23. The molecule has 0 nitrogen and oxygen atoms in total. The van der Waals surface area contributed by atoms with Crippen LogP contribution >= 0.6 is 0 Å². The van der Waals surface area contributed by atoms with Crippen molar-refractivity contribution in [2.75, 3.05) is 0 Å². The Balaban J connectivity index is 1.99. The van der Waals surface area contributed by atoms with E-state index in [1.54, 1.807) is 0 Å². The first-order chi connectivity index (χ1) is 6.79. The highest BCUT2D eigenvalue weighted by Crippen LogP contribution is 2.38. The summed E-state index contributed by atoms with van der Waals surface area (Å²) in [5, 5.41) is 0. The Morgan fingerprint density at radius 1 is 1.21 bits per heavy atom. The van der Waals surface area contributed by atoms with E-state index in [-0.39, 0.29) is 0 Å². The molecule has 1 aromatic rings. The second-order valence-electron chi connectivity index (χ2n) is 4.68. The Labute approximate surface area is 87.3 Å². The first-order valence-electron chi connectivity index (χ1n) is 5.88. The minimum Gasteiger partial charge on any atom is -0.0613 e. The lowest BCUT2D eigenvalue weighted by molar-refractivity contribution is 0.619. The van der Waals surface area contributed by atoms with Crippen molar-refractivity contribution in [2.45, 2.75) is 45.4 Å². The molecule has 1 fully saturated rings. The molecule has 1 atom stereocenters. The molecule has 0 heteroatoms. The van der Waals surface area contributed by atoms with Gasteiger partial charge in [-0.3, -0.25) is 0 Å². The van der Waals surface area contributed by atoms with Crippen molar-refractivity contribution in [1.82, 2.24) is 0 Å². The van der Waals surface area contributed by atoms with E-state index < -0.39 is 0 Å². The second-order valence-corrected chi connectivity index (χ2v) is 4.68. The fourth-order valence-electron chi connectivity index (χ4n) is 2.07. The maximum Gasteiger partial charge on any atom is -0.0188 e. The molecule has 0 heterocycles. The zero-order valence-corrected chi connectivity index (χ0v) is 9.29. The predicted molar refractivity (Wildman–Crippen MR) is 61.6 cm³/mol. The van der Waals surface area contributed by atoms with Gasteiger partial charge in [-0.2, -0.15) is 0 Å². The van der Waals surface area contributed by atoms with Gasteiger partial charge in [0.1, 0.15) is 0 Å². The van der Waals surface area contributed by atoms with Crippen molar-refractivity contribution in [3.8, 4) is 0 Å². The summed E-state index contributed by atoms with van der Waals surface area (Å²) in [6, 6.07) is 9.18. The van der Waals surface area contributed by atoms with Gasteiger partial charge in [-0.25, -0.2) is 0 Å². The van der Waals surface area contributed by atoms with Gasteiger partial charge in [-0.05, 0) is 35.8 Å². The molecule has 0 aliphatic heterocycles. The minimum absolute atomic E-state index is 0.758. The van der Waals surface area contributed by atoms with Gasteiger partial charge in [0, 0.05) is 0 Å². The van der Waals surface area contributed by atoms with E-state index in [0.717, 1.165) is 18.3 Å². The van der Waals surface area contributed by atoms with Crippen molar-refractivity contribution < 1.29 is 0 Å². The molecule has 1 aliphatic carbocycles.